The number of likely N-dealkylation sites (tertiary alicyclic amines) is 1. The van der Waals surface area contributed by atoms with E-state index in [1.54, 1.807) is 0 Å². The van der Waals surface area contributed by atoms with Crippen molar-refractivity contribution in [2.45, 2.75) is 46.1 Å². The maximum atomic E-state index is 10.6. The Balaban J connectivity index is 2.32. The molecule has 3 heteroatoms. The Hall–Kier alpha value is -0.570. The lowest BCUT2D eigenvalue weighted by Crippen LogP contribution is -2.42. The van der Waals surface area contributed by atoms with Gasteiger partial charge in [-0.15, -0.1) is 0 Å². The van der Waals surface area contributed by atoms with Crippen molar-refractivity contribution in [2.75, 3.05) is 13.1 Å². The summed E-state index contributed by atoms with van der Waals surface area (Å²) in [7, 11) is 0. The van der Waals surface area contributed by atoms with Gasteiger partial charge in [0.2, 0.25) is 0 Å². The van der Waals surface area contributed by atoms with Crippen LogP contribution in [0.15, 0.2) is 0 Å². The molecule has 0 aromatic carbocycles. The number of carboxylic acids is 1. The first-order valence-electron chi connectivity index (χ1n) is 5.96. The van der Waals surface area contributed by atoms with E-state index in [1.807, 2.05) is 0 Å². The molecule has 88 valence electrons. The van der Waals surface area contributed by atoms with Gasteiger partial charge < -0.3 is 10.0 Å². The quantitative estimate of drug-likeness (QED) is 0.778. The van der Waals surface area contributed by atoms with Crippen molar-refractivity contribution in [3.05, 3.63) is 0 Å². The molecule has 15 heavy (non-hydrogen) atoms. The van der Waals surface area contributed by atoms with E-state index in [0.29, 0.717) is 24.3 Å². The van der Waals surface area contributed by atoms with Crippen LogP contribution in [0.4, 0.5) is 0 Å². The van der Waals surface area contributed by atoms with E-state index in [9.17, 15) is 4.79 Å². The van der Waals surface area contributed by atoms with Gasteiger partial charge in [0.25, 0.3) is 0 Å². The van der Waals surface area contributed by atoms with Crippen LogP contribution in [0.2, 0.25) is 0 Å². The van der Waals surface area contributed by atoms with Crippen LogP contribution in [0.5, 0.6) is 0 Å². The fourth-order valence-electron chi connectivity index (χ4n) is 2.23. The lowest BCUT2D eigenvalue weighted by atomic mass is 9.91. The summed E-state index contributed by atoms with van der Waals surface area (Å²) in [5.74, 6) is 0.435. The molecule has 1 saturated heterocycles. The molecular weight excluding hydrogens is 190 g/mol. The number of carbonyl (C=O) groups is 1. The summed E-state index contributed by atoms with van der Waals surface area (Å²) >= 11 is 0. The van der Waals surface area contributed by atoms with Crippen molar-refractivity contribution in [1.82, 2.24) is 4.90 Å². The third-order valence-electron chi connectivity index (χ3n) is 3.65. The molecule has 0 amide bonds. The Morgan fingerprint density at radius 3 is 2.27 bits per heavy atom. The zero-order valence-electron chi connectivity index (χ0n) is 10.1. The molecule has 1 N–H and O–H groups in total. The number of hydrogen-bond acceptors (Lipinski definition) is 2. The lowest BCUT2D eigenvalue weighted by molar-refractivity contribution is -0.138. The molecule has 1 fully saturated rings. The highest BCUT2D eigenvalue weighted by Crippen LogP contribution is 2.23. The number of rotatable bonds is 4. The van der Waals surface area contributed by atoms with Gasteiger partial charge in [-0.25, -0.2) is 0 Å². The van der Waals surface area contributed by atoms with E-state index in [2.05, 4.69) is 25.7 Å². The highest BCUT2D eigenvalue weighted by atomic mass is 16.4. The second kappa shape index (κ2) is 5.50. The zero-order chi connectivity index (χ0) is 11.4. The van der Waals surface area contributed by atoms with Gasteiger partial charge in [-0.1, -0.05) is 13.8 Å². The van der Waals surface area contributed by atoms with E-state index in [4.69, 9.17) is 5.11 Å². The molecule has 0 aromatic rings. The van der Waals surface area contributed by atoms with E-state index in [0.717, 1.165) is 25.9 Å². The van der Waals surface area contributed by atoms with Gasteiger partial charge in [0, 0.05) is 12.5 Å². The Morgan fingerprint density at radius 1 is 1.33 bits per heavy atom. The van der Waals surface area contributed by atoms with Crippen LogP contribution in [0, 0.1) is 11.8 Å². The molecule has 0 aliphatic carbocycles. The van der Waals surface area contributed by atoms with Gasteiger partial charge in [0.05, 0.1) is 0 Å². The molecule has 0 aromatic heterocycles. The summed E-state index contributed by atoms with van der Waals surface area (Å²) in [6, 6.07) is 0.621. The molecular formula is C12H23NO2. The summed E-state index contributed by atoms with van der Waals surface area (Å²) in [4.78, 5) is 13.1. The molecule has 0 spiro atoms. The second-order valence-corrected chi connectivity index (χ2v) is 5.06. The SMILES string of the molecule is CC(C)C(C)N1CCC(CC(=O)O)CC1. The van der Waals surface area contributed by atoms with Crippen LogP contribution in [0.25, 0.3) is 0 Å². The van der Waals surface area contributed by atoms with E-state index in [-0.39, 0.29) is 0 Å². The fraction of sp³-hybridized carbons (Fsp3) is 0.917. The molecule has 0 bridgehead atoms. The average Bonchev–Trinajstić information content (AvgIpc) is 2.17. The lowest BCUT2D eigenvalue weighted by Gasteiger charge is -2.37. The molecule has 3 nitrogen and oxygen atoms in total. The highest BCUT2D eigenvalue weighted by Gasteiger charge is 2.25. The molecule has 1 rings (SSSR count). The van der Waals surface area contributed by atoms with Gasteiger partial charge in [0.15, 0.2) is 0 Å². The normalized spacial score (nSPS) is 21.9. The van der Waals surface area contributed by atoms with Crippen molar-refractivity contribution in [3.8, 4) is 0 Å². The third-order valence-corrected chi connectivity index (χ3v) is 3.65. The maximum Gasteiger partial charge on any atom is 0.303 e. The first-order chi connectivity index (χ1) is 7.00. The van der Waals surface area contributed by atoms with Crippen molar-refractivity contribution >= 4 is 5.97 Å². The molecule has 0 radical (unpaired) electrons. The minimum absolute atomic E-state index is 0.351. The van der Waals surface area contributed by atoms with E-state index >= 15 is 0 Å². The molecule has 1 unspecified atom stereocenters. The van der Waals surface area contributed by atoms with Crippen LogP contribution in [0.1, 0.15) is 40.0 Å². The molecule has 0 saturated carbocycles. The van der Waals surface area contributed by atoms with Crippen LogP contribution >= 0.6 is 0 Å². The molecule has 1 atom stereocenters. The molecule has 1 aliphatic heterocycles. The van der Waals surface area contributed by atoms with Crippen molar-refractivity contribution in [2.24, 2.45) is 11.8 Å². The summed E-state index contributed by atoms with van der Waals surface area (Å²) in [6.45, 7) is 8.89. The predicted molar refractivity (Wildman–Crippen MR) is 60.8 cm³/mol. The predicted octanol–water partition coefficient (Wildman–Crippen LogP) is 2.22. The summed E-state index contributed by atoms with van der Waals surface area (Å²) in [6.07, 6.45) is 2.44. The minimum Gasteiger partial charge on any atom is -0.481 e. The number of hydrogen-bond donors (Lipinski definition) is 1. The Labute approximate surface area is 92.5 Å². The van der Waals surface area contributed by atoms with Gasteiger partial charge in [-0.2, -0.15) is 0 Å². The van der Waals surface area contributed by atoms with E-state index in [1.165, 1.54) is 0 Å². The minimum atomic E-state index is -0.648. The second-order valence-electron chi connectivity index (χ2n) is 5.06. The van der Waals surface area contributed by atoms with Crippen molar-refractivity contribution < 1.29 is 9.90 Å². The topological polar surface area (TPSA) is 40.5 Å². The van der Waals surface area contributed by atoms with Gasteiger partial charge >= 0.3 is 5.97 Å². The first-order valence-corrected chi connectivity index (χ1v) is 5.96. The first kappa shape index (κ1) is 12.5. The number of nitrogens with zero attached hydrogens (tertiary/aromatic N) is 1. The number of carboxylic acid groups (broad SMARTS) is 1. The smallest absolute Gasteiger partial charge is 0.303 e. The third kappa shape index (κ3) is 3.82. The van der Waals surface area contributed by atoms with Crippen LogP contribution in [-0.4, -0.2) is 35.1 Å². The molecule has 1 aliphatic rings. The van der Waals surface area contributed by atoms with Gasteiger partial charge in [-0.3, -0.25) is 4.79 Å². The summed E-state index contributed by atoms with van der Waals surface area (Å²) in [5.41, 5.74) is 0. The highest BCUT2D eigenvalue weighted by molar-refractivity contribution is 5.67. The largest absolute Gasteiger partial charge is 0.481 e. The molecule has 1 heterocycles. The fourth-order valence-corrected chi connectivity index (χ4v) is 2.23. The Morgan fingerprint density at radius 2 is 1.87 bits per heavy atom. The summed E-state index contributed by atoms with van der Waals surface area (Å²) in [5, 5.41) is 8.72. The number of aliphatic carboxylic acids is 1. The van der Waals surface area contributed by atoms with Gasteiger partial charge in [-0.05, 0) is 44.7 Å². The van der Waals surface area contributed by atoms with Crippen LogP contribution < -0.4 is 0 Å². The van der Waals surface area contributed by atoms with Crippen molar-refractivity contribution in [1.29, 1.82) is 0 Å². The van der Waals surface area contributed by atoms with Crippen LogP contribution in [-0.2, 0) is 4.79 Å². The Kier molecular flexibility index (Phi) is 4.58. The summed E-state index contributed by atoms with van der Waals surface area (Å²) < 4.78 is 0. The monoisotopic (exact) mass is 213 g/mol. The van der Waals surface area contributed by atoms with E-state index < -0.39 is 5.97 Å². The van der Waals surface area contributed by atoms with Crippen LogP contribution in [0.3, 0.4) is 0 Å². The maximum absolute atomic E-state index is 10.6. The Bertz CT molecular complexity index is 208. The number of piperidine rings is 1. The average molecular weight is 213 g/mol. The zero-order valence-corrected chi connectivity index (χ0v) is 10.1. The standard InChI is InChI=1S/C12H23NO2/c1-9(2)10(3)13-6-4-11(5-7-13)8-12(14)15/h9-11H,4-8H2,1-3H3,(H,14,15). The van der Waals surface area contributed by atoms with Crippen molar-refractivity contribution in [3.63, 3.8) is 0 Å². The van der Waals surface area contributed by atoms with Gasteiger partial charge in [0.1, 0.15) is 0 Å².